The Bertz CT molecular complexity index is 516. The van der Waals surface area contributed by atoms with Gasteiger partial charge >= 0.3 is 0 Å². The molecule has 0 saturated carbocycles. The summed E-state index contributed by atoms with van der Waals surface area (Å²) in [6.07, 6.45) is 4.69. The minimum Gasteiger partial charge on any atom is -0.317 e. The van der Waals surface area contributed by atoms with Gasteiger partial charge in [0.1, 0.15) is 0 Å². The molecule has 3 nitrogen and oxygen atoms in total. The van der Waals surface area contributed by atoms with Crippen LogP contribution in [0, 0.1) is 0 Å². The van der Waals surface area contributed by atoms with Crippen LogP contribution < -0.4 is 5.32 Å². The van der Waals surface area contributed by atoms with E-state index in [1.807, 2.05) is 0 Å². The van der Waals surface area contributed by atoms with Crippen molar-refractivity contribution in [2.45, 2.75) is 52.1 Å². The molecule has 1 aromatic carbocycles. The van der Waals surface area contributed by atoms with Crippen LogP contribution in [0.25, 0.3) is 10.9 Å². The fourth-order valence-corrected chi connectivity index (χ4v) is 2.71. The number of aryl methyl sites for hydroxylation is 2. The van der Waals surface area contributed by atoms with Gasteiger partial charge in [0.15, 0.2) is 0 Å². The largest absolute Gasteiger partial charge is 0.317 e. The van der Waals surface area contributed by atoms with Crippen molar-refractivity contribution in [2.24, 2.45) is 0 Å². The lowest BCUT2D eigenvalue weighted by atomic mass is 10.0. The number of benzene rings is 1. The number of aromatic nitrogens is 2. The van der Waals surface area contributed by atoms with E-state index in [9.17, 15) is 0 Å². The maximum absolute atomic E-state index is 4.76. The molecule has 0 aliphatic carbocycles. The molecule has 1 N–H and O–H groups in total. The first-order valence-electron chi connectivity index (χ1n) is 7.41. The Labute approximate surface area is 116 Å². The summed E-state index contributed by atoms with van der Waals surface area (Å²) in [7, 11) is 2.06. The predicted octanol–water partition coefficient (Wildman–Crippen LogP) is 3.38. The van der Waals surface area contributed by atoms with Crippen LogP contribution in [0.4, 0.5) is 0 Å². The molecule has 0 aliphatic rings. The average molecular weight is 259 g/mol. The molecule has 0 amide bonds. The lowest BCUT2D eigenvalue weighted by Gasteiger charge is -2.14. The standard InChI is InChI=1S/C16H25N3/c1-4-8-13(17-3)11-12-15-14-9-6-7-10-16(14)19(5-2)18-15/h6-7,9-10,13,17H,4-5,8,11-12H2,1-3H3. The van der Waals surface area contributed by atoms with Crippen molar-refractivity contribution in [3.8, 4) is 0 Å². The van der Waals surface area contributed by atoms with E-state index in [0.717, 1.165) is 19.4 Å². The number of fused-ring (bicyclic) bond motifs is 1. The Kier molecular flexibility index (Phi) is 4.97. The zero-order chi connectivity index (χ0) is 13.7. The summed E-state index contributed by atoms with van der Waals surface area (Å²) in [4.78, 5) is 0. The lowest BCUT2D eigenvalue weighted by Crippen LogP contribution is -2.25. The van der Waals surface area contributed by atoms with Crippen LogP contribution in [0.15, 0.2) is 24.3 Å². The molecule has 1 unspecified atom stereocenters. The molecule has 2 aromatic rings. The zero-order valence-electron chi connectivity index (χ0n) is 12.3. The molecule has 1 heterocycles. The normalized spacial score (nSPS) is 13.0. The van der Waals surface area contributed by atoms with E-state index < -0.39 is 0 Å². The van der Waals surface area contributed by atoms with Gasteiger partial charge in [-0.3, -0.25) is 4.68 Å². The predicted molar refractivity (Wildman–Crippen MR) is 81.5 cm³/mol. The summed E-state index contributed by atoms with van der Waals surface area (Å²) < 4.78 is 2.11. The number of hydrogen-bond acceptors (Lipinski definition) is 2. The van der Waals surface area contributed by atoms with Crippen molar-refractivity contribution in [1.82, 2.24) is 15.1 Å². The molecule has 0 aliphatic heterocycles. The van der Waals surface area contributed by atoms with Gasteiger partial charge in [0.05, 0.1) is 11.2 Å². The summed E-state index contributed by atoms with van der Waals surface area (Å²) in [6.45, 7) is 5.33. The summed E-state index contributed by atoms with van der Waals surface area (Å²) in [5.74, 6) is 0. The van der Waals surface area contributed by atoms with Crippen molar-refractivity contribution in [1.29, 1.82) is 0 Å². The second-order valence-corrected chi connectivity index (χ2v) is 5.09. The van der Waals surface area contributed by atoms with Crippen molar-refractivity contribution >= 4 is 10.9 Å². The minimum atomic E-state index is 0.607. The van der Waals surface area contributed by atoms with Gasteiger partial charge in [-0.15, -0.1) is 0 Å². The van der Waals surface area contributed by atoms with Gasteiger partial charge < -0.3 is 5.32 Å². The van der Waals surface area contributed by atoms with E-state index in [0.29, 0.717) is 6.04 Å². The summed E-state index contributed by atoms with van der Waals surface area (Å²) in [5.41, 5.74) is 2.50. The van der Waals surface area contributed by atoms with Crippen molar-refractivity contribution in [3.63, 3.8) is 0 Å². The SMILES string of the molecule is CCCC(CCc1nn(CC)c2ccccc12)NC. The third-order valence-electron chi connectivity index (χ3n) is 3.81. The Morgan fingerprint density at radius 2 is 2.00 bits per heavy atom. The monoisotopic (exact) mass is 259 g/mol. The first-order chi connectivity index (χ1) is 9.30. The minimum absolute atomic E-state index is 0.607. The maximum atomic E-state index is 4.76. The van der Waals surface area contributed by atoms with Gasteiger partial charge in [-0.05, 0) is 39.3 Å². The van der Waals surface area contributed by atoms with E-state index in [1.165, 1.54) is 29.4 Å². The first-order valence-corrected chi connectivity index (χ1v) is 7.41. The molecule has 0 radical (unpaired) electrons. The van der Waals surface area contributed by atoms with Crippen molar-refractivity contribution < 1.29 is 0 Å². The molecule has 1 atom stereocenters. The summed E-state index contributed by atoms with van der Waals surface area (Å²) in [6, 6.07) is 9.16. The Morgan fingerprint density at radius 1 is 1.21 bits per heavy atom. The van der Waals surface area contributed by atoms with E-state index in [-0.39, 0.29) is 0 Å². The highest BCUT2D eigenvalue weighted by Crippen LogP contribution is 2.20. The number of nitrogens with one attached hydrogen (secondary N) is 1. The summed E-state index contributed by atoms with van der Waals surface area (Å²) >= 11 is 0. The maximum Gasteiger partial charge on any atom is 0.0703 e. The molecule has 104 valence electrons. The lowest BCUT2D eigenvalue weighted by molar-refractivity contribution is 0.480. The molecule has 1 aromatic heterocycles. The molecular weight excluding hydrogens is 234 g/mol. The van der Waals surface area contributed by atoms with Crippen molar-refractivity contribution in [2.75, 3.05) is 7.05 Å². The average Bonchev–Trinajstić information content (AvgIpc) is 2.82. The molecule has 19 heavy (non-hydrogen) atoms. The second-order valence-electron chi connectivity index (χ2n) is 5.09. The molecule has 0 fully saturated rings. The van der Waals surface area contributed by atoms with Crippen LogP contribution in [0.1, 0.15) is 38.8 Å². The van der Waals surface area contributed by atoms with E-state index in [1.54, 1.807) is 0 Å². The Balaban J connectivity index is 2.16. The fourth-order valence-electron chi connectivity index (χ4n) is 2.71. The number of nitrogens with zero attached hydrogens (tertiary/aromatic N) is 2. The van der Waals surface area contributed by atoms with E-state index >= 15 is 0 Å². The summed E-state index contributed by atoms with van der Waals surface area (Å²) in [5, 5.41) is 9.49. The van der Waals surface area contributed by atoms with Gasteiger partial charge in [0, 0.05) is 18.0 Å². The van der Waals surface area contributed by atoms with Gasteiger partial charge in [-0.25, -0.2) is 0 Å². The second kappa shape index (κ2) is 6.71. The molecule has 0 bridgehead atoms. The van der Waals surface area contributed by atoms with Gasteiger partial charge in [0.2, 0.25) is 0 Å². The Hall–Kier alpha value is -1.35. The van der Waals surface area contributed by atoms with Crippen molar-refractivity contribution in [3.05, 3.63) is 30.0 Å². The highest BCUT2D eigenvalue weighted by Gasteiger charge is 2.11. The van der Waals surface area contributed by atoms with E-state index in [4.69, 9.17) is 5.10 Å². The van der Waals surface area contributed by atoms with Crippen LogP contribution in [-0.4, -0.2) is 22.9 Å². The molecule has 2 rings (SSSR count). The molecular formula is C16H25N3. The fraction of sp³-hybridized carbons (Fsp3) is 0.562. The molecule has 3 heteroatoms. The van der Waals surface area contributed by atoms with Gasteiger partial charge in [0.25, 0.3) is 0 Å². The Morgan fingerprint density at radius 3 is 2.68 bits per heavy atom. The van der Waals surface area contributed by atoms with Crippen LogP contribution >= 0.6 is 0 Å². The first kappa shape index (κ1) is 14.1. The van der Waals surface area contributed by atoms with Gasteiger partial charge in [-0.2, -0.15) is 5.10 Å². The quantitative estimate of drug-likeness (QED) is 0.826. The zero-order valence-corrected chi connectivity index (χ0v) is 12.3. The third kappa shape index (κ3) is 3.16. The topological polar surface area (TPSA) is 29.9 Å². The van der Waals surface area contributed by atoms with Crippen LogP contribution in [-0.2, 0) is 13.0 Å². The van der Waals surface area contributed by atoms with Crippen LogP contribution in [0.3, 0.4) is 0 Å². The van der Waals surface area contributed by atoms with Crippen LogP contribution in [0.5, 0.6) is 0 Å². The van der Waals surface area contributed by atoms with E-state index in [2.05, 4.69) is 55.2 Å². The third-order valence-corrected chi connectivity index (χ3v) is 3.81. The molecule has 0 saturated heterocycles. The number of rotatable bonds is 7. The van der Waals surface area contributed by atoms with Crippen LogP contribution in [0.2, 0.25) is 0 Å². The molecule has 0 spiro atoms. The smallest absolute Gasteiger partial charge is 0.0703 e. The highest BCUT2D eigenvalue weighted by atomic mass is 15.3. The highest BCUT2D eigenvalue weighted by molar-refractivity contribution is 5.81. The number of hydrogen-bond donors (Lipinski definition) is 1. The number of para-hydroxylation sites is 1. The van der Waals surface area contributed by atoms with Gasteiger partial charge in [-0.1, -0.05) is 31.5 Å².